The van der Waals surface area contributed by atoms with Crippen LogP contribution in [0.15, 0.2) is 34.2 Å². The lowest BCUT2D eigenvalue weighted by molar-refractivity contribution is 0.0599. The monoisotopic (exact) mass is 441 g/mol. The quantitative estimate of drug-likeness (QED) is 0.243. The first-order valence-corrected chi connectivity index (χ1v) is 11.2. The number of nitrogens with one attached hydrogen (secondary N) is 1. The molecular formula is C23H27N3O4S. The Balaban J connectivity index is 1.98. The number of ketones is 1. The first-order chi connectivity index (χ1) is 14.8. The lowest BCUT2D eigenvalue weighted by atomic mass is 10.1. The van der Waals surface area contributed by atoms with Crippen molar-refractivity contribution in [2.75, 3.05) is 7.11 Å². The normalized spacial score (nSPS) is 12.2. The van der Waals surface area contributed by atoms with Gasteiger partial charge in [0, 0.05) is 12.2 Å². The zero-order valence-electron chi connectivity index (χ0n) is 18.4. The number of aryl methyl sites for hydroxylation is 1. The predicted octanol–water partition coefficient (Wildman–Crippen LogP) is 4.29. The molecule has 3 aromatic rings. The van der Waals surface area contributed by atoms with Crippen molar-refractivity contribution in [2.45, 2.75) is 57.5 Å². The largest absolute Gasteiger partial charge is 0.465 e. The van der Waals surface area contributed by atoms with Crippen molar-refractivity contribution in [2.24, 2.45) is 0 Å². The van der Waals surface area contributed by atoms with Crippen LogP contribution in [0.3, 0.4) is 0 Å². The summed E-state index contributed by atoms with van der Waals surface area (Å²) in [5.41, 5.74) is 2.43. The third-order valence-electron chi connectivity index (χ3n) is 5.29. The van der Waals surface area contributed by atoms with Crippen molar-refractivity contribution >= 4 is 34.4 Å². The number of benzene rings is 1. The first kappa shape index (κ1) is 22.8. The van der Waals surface area contributed by atoms with Crippen LogP contribution in [0.2, 0.25) is 0 Å². The fraction of sp³-hybridized carbons (Fsp3) is 0.391. The minimum absolute atomic E-state index is 0.0962. The predicted molar refractivity (Wildman–Crippen MR) is 122 cm³/mol. The Labute approximate surface area is 185 Å². The fourth-order valence-electron chi connectivity index (χ4n) is 3.57. The van der Waals surface area contributed by atoms with Gasteiger partial charge in [-0.2, -0.15) is 0 Å². The summed E-state index contributed by atoms with van der Waals surface area (Å²) in [6, 6.07) is 7.24. The van der Waals surface area contributed by atoms with E-state index in [9.17, 15) is 14.4 Å². The van der Waals surface area contributed by atoms with E-state index in [1.54, 1.807) is 37.5 Å². The maximum atomic E-state index is 13.2. The molecule has 1 N–H and O–H groups in total. The van der Waals surface area contributed by atoms with Crippen molar-refractivity contribution in [3.05, 3.63) is 57.1 Å². The maximum absolute atomic E-state index is 13.2. The molecule has 31 heavy (non-hydrogen) atoms. The molecule has 1 atom stereocenters. The molecule has 0 spiro atoms. The number of rotatable bonds is 8. The standard InChI is InChI=1S/C23H27N3O4S/c1-6-7-12-26-21(28)16-10-8-9-11-17(16)25-23(26)31-15(4)20(27)19-13(2)18(14(3)24-19)22(29)30-5/h8-11,15,24H,6-7,12H2,1-5H3. The number of hydrogen-bond donors (Lipinski definition) is 1. The summed E-state index contributed by atoms with van der Waals surface area (Å²) in [4.78, 5) is 46.0. The van der Waals surface area contributed by atoms with Crippen LogP contribution >= 0.6 is 11.8 Å². The molecule has 0 fully saturated rings. The van der Waals surface area contributed by atoms with Gasteiger partial charge in [0.25, 0.3) is 5.56 Å². The van der Waals surface area contributed by atoms with E-state index in [0.29, 0.717) is 45.1 Å². The number of hydrogen-bond acceptors (Lipinski definition) is 6. The summed E-state index contributed by atoms with van der Waals surface area (Å²) in [6.07, 6.45) is 1.78. The Morgan fingerprint density at radius 2 is 1.97 bits per heavy atom. The number of Topliss-reactive ketones (excluding diaryl/α,β-unsaturated/α-hetero) is 1. The third kappa shape index (κ3) is 4.44. The number of carbonyl (C=O) groups excluding carboxylic acids is 2. The smallest absolute Gasteiger partial charge is 0.339 e. The summed E-state index contributed by atoms with van der Waals surface area (Å²) in [5.74, 6) is -0.639. The van der Waals surface area contributed by atoms with E-state index in [4.69, 9.17) is 4.74 Å². The van der Waals surface area contributed by atoms with E-state index in [1.807, 2.05) is 12.1 Å². The van der Waals surface area contributed by atoms with Crippen LogP contribution in [0.25, 0.3) is 10.9 Å². The second-order valence-electron chi connectivity index (χ2n) is 7.46. The number of H-pyrrole nitrogens is 1. The van der Waals surface area contributed by atoms with E-state index in [-0.39, 0.29) is 11.3 Å². The van der Waals surface area contributed by atoms with Crippen molar-refractivity contribution in [1.29, 1.82) is 0 Å². The van der Waals surface area contributed by atoms with Crippen LogP contribution in [0, 0.1) is 13.8 Å². The number of thioether (sulfide) groups is 1. The number of carbonyl (C=O) groups is 2. The van der Waals surface area contributed by atoms with Crippen LogP contribution in [0.1, 0.15) is 58.8 Å². The second-order valence-corrected chi connectivity index (χ2v) is 8.77. The number of nitrogens with zero attached hydrogens (tertiary/aromatic N) is 2. The van der Waals surface area contributed by atoms with Gasteiger partial charge in [0.05, 0.1) is 34.5 Å². The van der Waals surface area contributed by atoms with Crippen molar-refractivity contribution in [1.82, 2.24) is 14.5 Å². The molecule has 0 saturated heterocycles. The van der Waals surface area contributed by atoms with E-state index in [0.717, 1.165) is 12.8 Å². The number of esters is 1. The molecule has 3 rings (SSSR count). The summed E-state index contributed by atoms with van der Waals surface area (Å²) >= 11 is 1.26. The highest BCUT2D eigenvalue weighted by Crippen LogP contribution is 2.28. The Bertz CT molecular complexity index is 1200. The van der Waals surface area contributed by atoms with E-state index in [1.165, 1.54) is 18.9 Å². The molecule has 1 aromatic carbocycles. The first-order valence-electron chi connectivity index (χ1n) is 10.3. The van der Waals surface area contributed by atoms with E-state index < -0.39 is 11.2 Å². The van der Waals surface area contributed by atoms with Gasteiger partial charge in [-0.25, -0.2) is 9.78 Å². The highest BCUT2D eigenvalue weighted by molar-refractivity contribution is 8.00. The third-order valence-corrected chi connectivity index (χ3v) is 6.38. The van der Waals surface area contributed by atoms with Gasteiger partial charge >= 0.3 is 5.97 Å². The summed E-state index contributed by atoms with van der Waals surface area (Å²) in [6.45, 7) is 7.86. The van der Waals surface area contributed by atoms with E-state index >= 15 is 0 Å². The highest BCUT2D eigenvalue weighted by Gasteiger charge is 2.27. The van der Waals surface area contributed by atoms with Crippen LogP contribution in [0.4, 0.5) is 0 Å². The molecule has 8 heteroatoms. The van der Waals surface area contributed by atoms with Gasteiger partial charge < -0.3 is 9.72 Å². The molecular weight excluding hydrogens is 414 g/mol. The fourth-order valence-corrected chi connectivity index (χ4v) is 4.56. The molecule has 0 aliphatic carbocycles. The SMILES string of the molecule is CCCCn1c(SC(C)C(=O)c2[nH]c(C)c(C(=O)OC)c2C)nc2ccccc2c1=O. The molecule has 0 amide bonds. The van der Waals surface area contributed by atoms with Gasteiger partial charge in [0.1, 0.15) is 0 Å². The van der Waals surface area contributed by atoms with Crippen LogP contribution in [-0.4, -0.2) is 38.6 Å². The van der Waals surface area contributed by atoms with Gasteiger partial charge in [-0.05, 0) is 44.9 Å². The van der Waals surface area contributed by atoms with Crippen LogP contribution in [-0.2, 0) is 11.3 Å². The lowest BCUT2D eigenvalue weighted by Gasteiger charge is -2.15. The van der Waals surface area contributed by atoms with Crippen LogP contribution < -0.4 is 5.56 Å². The number of methoxy groups -OCH3 is 1. The highest BCUT2D eigenvalue weighted by atomic mass is 32.2. The molecule has 2 aromatic heterocycles. The summed E-state index contributed by atoms with van der Waals surface area (Å²) < 4.78 is 6.49. The number of aromatic amines is 1. The zero-order valence-corrected chi connectivity index (χ0v) is 19.3. The molecule has 0 saturated carbocycles. The minimum atomic E-state index is -0.511. The number of unbranched alkanes of at least 4 members (excludes halogenated alkanes) is 1. The van der Waals surface area contributed by atoms with Crippen molar-refractivity contribution in [3.63, 3.8) is 0 Å². The summed E-state index contributed by atoms with van der Waals surface area (Å²) in [5, 5.41) is 0.579. The number of ether oxygens (including phenoxy) is 1. The van der Waals surface area contributed by atoms with Gasteiger partial charge in [-0.15, -0.1) is 0 Å². The maximum Gasteiger partial charge on any atom is 0.339 e. The number of fused-ring (bicyclic) bond motifs is 1. The van der Waals surface area contributed by atoms with Crippen molar-refractivity contribution in [3.8, 4) is 0 Å². The number of para-hydroxylation sites is 1. The second kappa shape index (κ2) is 9.51. The van der Waals surface area contributed by atoms with Crippen LogP contribution in [0.5, 0.6) is 0 Å². The minimum Gasteiger partial charge on any atom is -0.465 e. The van der Waals surface area contributed by atoms with Gasteiger partial charge in [-0.3, -0.25) is 14.2 Å². The van der Waals surface area contributed by atoms with Crippen molar-refractivity contribution < 1.29 is 14.3 Å². The molecule has 2 heterocycles. The molecule has 0 radical (unpaired) electrons. The van der Waals surface area contributed by atoms with Gasteiger partial charge in [0.2, 0.25) is 0 Å². The molecule has 0 bridgehead atoms. The lowest BCUT2D eigenvalue weighted by Crippen LogP contribution is -2.25. The average molecular weight is 442 g/mol. The Kier molecular flexibility index (Phi) is 7.00. The molecule has 0 aliphatic heterocycles. The Morgan fingerprint density at radius 3 is 2.65 bits per heavy atom. The number of aromatic nitrogens is 3. The average Bonchev–Trinajstić information content (AvgIpc) is 3.06. The molecule has 1 unspecified atom stereocenters. The Hall–Kier alpha value is -2.87. The topological polar surface area (TPSA) is 94.1 Å². The summed E-state index contributed by atoms with van der Waals surface area (Å²) in [7, 11) is 1.31. The molecule has 7 nitrogen and oxygen atoms in total. The zero-order chi connectivity index (χ0) is 22.7. The van der Waals surface area contributed by atoms with E-state index in [2.05, 4.69) is 16.9 Å². The van der Waals surface area contributed by atoms with Gasteiger partial charge in [0.15, 0.2) is 10.9 Å². The Morgan fingerprint density at radius 1 is 1.26 bits per heavy atom. The van der Waals surface area contributed by atoms with Gasteiger partial charge in [-0.1, -0.05) is 37.2 Å². The molecule has 0 aliphatic rings. The molecule has 164 valence electrons.